The van der Waals surface area contributed by atoms with Crippen molar-refractivity contribution < 1.29 is 9.90 Å². The molecule has 0 radical (unpaired) electrons. The number of pyridine rings is 1. The van der Waals surface area contributed by atoms with E-state index in [1.165, 1.54) is 0 Å². The van der Waals surface area contributed by atoms with Crippen molar-refractivity contribution in [3.8, 4) is 5.75 Å². The number of nitrogens with one attached hydrogen (secondary N) is 1. The second-order valence-corrected chi connectivity index (χ2v) is 4.81. The smallest absolute Gasteiger partial charge is 0.244 e. The number of carbonyl (C=O) groups is 1. The number of phenols is 1. The van der Waals surface area contributed by atoms with Crippen LogP contribution < -0.4 is 5.32 Å². The molecule has 3 rings (SSSR count). The molecule has 5 nitrogen and oxygen atoms in total. The van der Waals surface area contributed by atoms with Crippen molar-refractivity contribution in [2.75, 3.05) is 18.9 Å². The molecule has 0 bridgehead atoms. The van der Waals surface area contributed by atoms with Crippen molar-refractivity contribution in [3.63, 3.8) is 0 Å². The van der Waals surface area contributed by atoms with Crippen molar-refractivity contribution in [1.29, 1.82) is 0 Å². The summed E-state index contributed by atoms with van der Waals surface area (Å²) in [5.41, 5.74) is 0. The van der Waals surface area contributed by atoms with E-state index in [4.69, 9.17) is 0 Å². The van der Waals surface area contributed by atoms with Gasteiger partial charge in [-0.15, -0.1) is 0 Å². The number of fused-ring (bicyclic) bond motifs is 1. The molecular weight excluding hydrogens is 242 g/mol. The predicted octanol–water partition coefficient (Wildman–Crippen LogP) is 1.58. The molecule has 2 aromatic rings. The first-order chi connectivity index (χ1) is 9.15. The van der Waals surface area contributed by atoms with Gasteiger partial charge in [0.15, 0.2) is 0 Å². The summed E-state index contributed by atoms with van der Waals surface area (Å²) in [6.07, 6.45) is 2.47. The highest BCUT2D eigenvalue weighted by atomic mass is 16.3. The molecule has 1 unspecified atom stereocenters. The summed E-state index contributed by atoms with van der Waals surface area (Å²) in [6, 6.07) is 6.78. The first-order valence-corrected chi connectivity index (χ1v) is 6.24. The first-order valence-electron chi connectivity index (χ1n) is 6.24. The Morgan fingerprint density at radius 1 is 1.42 bits per heavy atom. The summed E-state index contributed by atoms with van der Waals surface area (Å²) in [6.45, 7) is 0.756. The van der Waals surface area contributed by atoms with Crippen molar-refractivity contribution in [2.24, 2.45) is 0 Å². The van der Waals surface area contributed by atoms with Crippen LogP contribution in [-0.4, -0.2) is 40.5 Å². The molecular formula is C14H15N3O2. The lowest BCUT2D eigenvalue weighted by Gasteiger charge is -2.14. The molecule has 1 aromatic carbocycles. The average molecular weight is 257 g/mol. The molecule has 2 N–H and O–H groups in total. The number of likely N-dealkylation sites (N-methyl/N-ethyl adjacent to an activating group) is 1. The Balaban J connectivity index is 1.97. The zero-order valence-corrected chi connectivity index (χ0v) is 10.6. The maximum absolute atomic E-state index is 11.9. The van der Waals surface area contributed by atoms with Gasteiger partial charge in [-0.3, -0.25) is 4.79 Å². The van der Waals surface area contributed by atoms with E-state index in [1.54, 1.807) is 30.3 Å². The second kappa shape index (κ2) is 4.42. The number of likely N-dealkylation sites (tertiary alicyclic amines) is 1. The number of benzene rings is 1. The molecule has 0 spiro atoms. The first kappa shape index (κ1) is 11.8. The summed E-state index contributed by atoms with van der Waals surface area (Å²) in [4.78, 5) is 17.9. The van der Waals surface area contributed by atoms with Crippen molar-refractivity contribution in [2.45, 2.75) is 12.5 Å². The van der Waals surface area contributed by atoms with Gasteiger partial charge in [-0.2, -0.15) is 0 Å². The number of nitrogens with zero attached hydrogens (tertiary/aromatic N) is 2. The van der Waals surface area contributed by atoms with Crippen LogP contribution in [0.5, 0.6) is 5.75 Å². The standard InChI is InChI=1S/C14H15N3O2/c1-17-7-5-12(14(17)19)16-13-11-8-10(18)3-2-9(11)4-6-15-13/h2-4,6,8,12,18H,5,7H2,1H3,(H,15,16). The SMILES string of the molecule is CN1CCC(Nc2nccc3ccc(O)cc23)C1=O. The Morgan fingerprint density at radius 3 is 3.00 bits per heavy atom. The summed E-state index contributed by atoms with van der Waals surface area (Å²) < 4.78 is 0. The van der Waals surface area contributed by atoms with E-state index >= 15 is 0 Å². The van der Waals surface area contributed by atoms with E-state index in [9.17, 15) is 9.90 Å². The van der Waals surface area contributed by atoms with Gasteiger partial charge >= 0.3 is 0 Å². The fraction of sp³-hybridized carbons (Fsp3) is 0.286. The number of anilines is 1. The zero-order chi connectivity index (χ0) is 13.4. The molecule has 1 aliphatic rings. The Morgan fingerprint density at radius 2 is 2.26 bits per heavy atom. The number of aromatic nitrogens is 1. The lowest BCUT2D eigenvalue weighted by molar-refractivity contribution is -0.127. The molecule has 1 atom stereocenters. The molecule has 2 heterocycles. The number of hydrogen-bond donors (Lipinski definition) is 2. The molecule has 19 heavy (non-hydrogen) atoms. The fourth-order valence-electron chi connectivity index (χ4n) is 2.39. The highest BCUT2D eigenvalue weighted by Gasteiger charge is 2.29. The largest absolute Gasteiger partial charge is 0.508 e. The van der Waals surface area contributed by atoms with Gasteiger partial charge < -0.3 is 15.3 Å². The number of rotatable bonds is 2. The van der Waals surface area contributed by atoms with Crippen LogP contribution in [0.3, 0.4) is 0 Å². The summed E-state index contributed by atoms with van der Waals surface area (Å²) in [5, 5.41) is 14.6. The Labute approximate surface area is 110 Å². The van der Waals surface area contributed by atoms with E-state index in [1.807, 2.05) is 12.1 Å². The van der Waals surface area contributed by atoms with Crippen LogP contribution in [0, 0.1) is 0 Å². The van der Waals surface area contributed by atoms with E-state index in [-0.39, 0.29) is 17.7 Å². The van der Waals surface area contributed by atoms with Crippen LogP contribution in [0.25, 0.3) is 10.8 Å². The fourth-order valence-corrected chi connectivity index (χ4v) is 2.39. The number of amides is 1. The minimum atomic E-state index is -0.231. The Bertz CT molecular complexity index is 642. The number of hydrogen-bond acceptors (Lipinski definition) is 4. The lowest BCUT2D eigenvalue weighted by atomic mass is 10.1. The monoisotopic (exact) mass is 257 g/mol. The number of phenolic OH excluding ortho intramolecular Hbond substituents is 1. The lowest BCUT2D eigenvalue weighted by Crippen LogP contribution is -2.31. The highest BCUT2D eigenvalue weighted by Crippen LogP contribution is 2.26. The van der Waals surface area contributed by atoms with Crippen molar-refractivity contribution in [1.82, 2.24) is 9.88 Å². The summed E-state index contributed by atoms with van der Waals surface area (Å²) >= 11 is 0. The second-order valence-electron chi connectivity index (χ2n) is 4.81. The van der Waals surface area contributed by atoms with Crippen LogP contribution in [-0.2, 0) is 4.79 Å². The van der Waals surface area contributed by atoms with E-state index < -0.39 is 0 Å². The van der Waals surface area contributed by atoms with Gasteiger partial charge in [-0.1, -0.05) is 6.07 Å². The normalized spacial score (nSPS) is 19.1. The topological polar surface area (TPSA) is 65.5 Å². The molecule has 1 aliphatic heterocycles. The third-order valence-corrected chi connectivity index (χ3v) is 3.49. The van der Waals surface area contributed by atoms with Gasteiger partial charge in [0.05, 0.1) is 0 Å². The van der Waals surface area contributed by atoms with Crippen LogP contribution in [0.15, 0.2) is 30.5 Å². The minimum absolute atomic E-state index is 0.0824. The van der Waals surface area contributed by atoms with Crippen LogP contribution >= 0.6 is 0 Å². The third-order valence-electron chi connectivity index (χ3n) is 3.49. The van der Waals surface area contributed by atoms with Crippen LogP contribution in [0.2, 0.25) is 0 Å². The predicted molar refractivity (Wildman–Crippen MR) is 73.1 cm³/mol. The molecule has 0 aliphatic carbocycles. The molecule has 5 heteroatoms. The Kier molecular flexibility index (Phi) is 2.74. The maximum Gasteiger partial charge on any atom is 0.244 e. The summed E-state index contributed by atoms with van der Waals surface area (Å²) in [5.74, 6) is 0.916. The summed E-state index contributed by atoms with van der Waals surface area (Å²) in [7, 11) is 1.80. The van der Waals surface area contributed by atoms with Crippen LogP contribution in [0.1, 0.15) is 6.42 Å². The maximum atomic E-state index is 11.9. The van der Waals surface area contributed by atoms with Crippen LogP contribution in [0.4, 0.5) is 5.82 Å². The average Bonchev–Trinajstić information content (AvgIpc) is 2.71. The Hall–Kier alpha value is -2.30. The zero-order valence-electron chi connectivity index (χ0n) is 10.6. The molecule has 1 aromatic heterocycles. The highest BCUT2D eigenvalue weighted by molar-refractivity contribution is 5.95. The molecule has 98 valence electrons. The van der Waals surface area contributed by atoms with Gasteiger partial charge in [0.25, 0.3) is 0 Å². The quantitative estimate of drug-likeness (QED) is 0.857. The molecule has 0 saturated carbocycles. The number of aromatic hydroxyl groups is 1. The minimum Gasteiger partial charge on any atom is -0.508 e. The van der Waals surface area contributed by atoms with Gasteiger partial charge in [0, 0.05) is 25.2 Å². The van der Waals surface area contributed by atoms with Gasteiger partial charge in [-0.25, -0.2) is 4.98 Å². The molecule has 1 saturated heterocycles. The van der Waals surface area contributed by atoms with E-state index in [0.717, 1.165) is 23.7 Å². The number of carbonyl (C=O) groups excluding carboxylic acids is 1. The third kappa shape index (κ3) is 2.07. The molecule has 1 amide bonds. The van der Waals surface area contributed by atoms with Gasteiger partial charge in [0.2, 0.25) is 5.91 Å². The van der Waals surface area contributed by atoms with E-state index in [2.05, 4.69) is 10.3 Å². The van der Waals surface area contributed by atoms with Gasteiger partial charge in [-0.05, 0) is 30.0 Å². The molecule has 1 fully saturated rings. The van der Waals surface area contributed by atoms with Crippen molar-refractivity contribution in [3.05, 3.63) is 30.5 Å². The van der Waals surface area contributed by atoms with E-state index in [0.29, 0.717) is 5.82 Å². The van der Waals surface area contributed by atoms with Gasteiger partial charge in [0.1, 0.15) is 17.6 Å². The van der Waals surface area contributed by atoms with Crippen molar-refractivity contribution >= 4 is 22.5 Å².